The van der Waals surface area contributed by atoms with Crippen LogP contribution in [0, 0.1) is 113 Å². The summed E-state index contributed by atoms with van der Waals surface area (Å²) in [4.78, 5) is 113. The molecule has 1 heterocycles. The molecular formula is C72H110N12O12. The molecule has 0 amide bonds. The van der Waals surface area contributed by atoms with E-state index in [1.165, 1.54) is 55.8 Å². The molecule has 7 fully saturated rings. The minimum atomic E-state index is -0.666. The number of carbonyl (C=O) groups excluding carboxylic acids is 5. The lowest BCUT2D eigenvalue weighted by molar-refractivity contribution is -0.0206. The summed E-state index contributed by atoms with van der Waals surface area (Å²) in [5.41, 5.74) is -4.29. The molecule has 2 bridgehead atoms. The first-order valence-corrected chi connectivity index (χ1v) is 34.5. The molecule has 24 heteroatoms. The van der Waals surface area contributed by atoms with Gasteiger partial charge in [0.25, 0.3) is 25.0 Å². The first-order valence-electron chi connectivity index (χ1n) is 34.5. The van der Waals surface area contributed by atoms with E-state index >= 15 is 0 Å². The Balaban J connectivity index is 0.000000397. The molecule has 96 heavy (non-hydrogen) atoms. The highest BCUT2D eigenvalue weighted by molar-refractivity contribution is 5.34. The van der Waals surface area contributed by atoms with Gasteiger partial charge < -0.3 is 18.9 Å². The van der Waals surface area contributed by atoms with Crippen LogP contribution in [0.2, 0.25) is 0 Å². The van der Waals surface area contributed by atoms with Crippen LogP contribution in [-0.4, -0.2) is 101 Å². The molecule has 0 radical (unpaired) electrons. The van der Waals surface area contributed by atoms with Crippen molar-refractivity contribution in [2.75, 3.05) is 32.8 Å². The number of nitrogens with zero attached hydrogens (tertiary/aromatic N) is 12. The molecule has 12 atom stereocenters. The summed E-state index contributed by atoms with van der Waals surface area (Å²) in [5, 5.41) is 33.5. The SMILES string of the molecule is C1CC2C3CCC(C3)C2C1.CC1(C)CC(N=C=O)CC(C)(Cn2c(=O)n(CC3(C)CC(N=C=O)CC(C)(C)C3)c(=O)n(CC3(C)CC(OC#N)CC(C)(C)C3)c2=O)C1.CC1(C)CC(OC#N)CC(C)(CN=C=O)C1.CCN=C=O.CCOC#N.N#COCCCCCCN=C=O. The Morgan fingerprint density at radius 3 is 1.21 bits per heavy atom. The second-order valence-corrected chi connectivity index (χ2v) is 32.7. The maximum atomic E-state index is 14.4. The van der Waals surface area contributed by atoms with Crippen LogP contribution in [0.15, 0.2) is 39.3 Å². The Morgan fingerprint density at radius 2 is 0.844 bits per heavy atom. The monoisotopic (exact) mass is 1330 g/mol. The lowest BCUT2D eigenvalue weighted by Crippen LogP contribution is -2.59. The van der Waals surface area contributed by atoms with Gasteiger partial charge in [0.15, 0.2) is 0 Å². The lowest BCUT2D eigenvalue weighted by atomic mass is 9.62. The van der Waals surface area contributed by atoms with Gasteiger partial charge in [-0.15, -0.1) is 0 Å². The minimum absolute atomic E-state index is 0.0550. The highest BCUT2D eigenvalue weighted by Crippen LogP contribution is 2.59. The Bertz CT molecular complexity index is 3190. The number of hydrogen-bond acceptors (Lipinski definition) is 21. The smallest absolute Gasteiger partial charge is 0.336 e. The molecule has 0 aliphatic heterocycles. The standard InChI is InChI=1S/C36H54N6O6.C12H18N2O2.C10H16.C8H12N2O2.2C3H5NO/c1-31(2)10-25(38-23-43)12-34(7,16-31)19-40-28(45)41(20-35(8)13-26(39-24-44)11-32(3,4)17-35)30(47)42(29(40)46)21-36(9)15-27(48-22-37)14-33(5,6)18-36;1-11(2)4-10(16-8-13)5-12(3,6-11)7-14-9-15;1-2-9-7-4-5-8(6-7)10(9)3-1;9-7-12-6-4-2-1-3-5-10-8-11;1-2-5-3-4;1-2-4-3-5/h25-27H,10-21H2,1-9H3;10H,4-7H2,1-3H3;7-10H,1-6H2;1-6H2;2*2H2,1H3. The van der Waals surface area contributed by atoms with Crippen molar-refractivity contribution in [3.8, 4) is 25.0 Å². The molecule has 0 spiro atoms. The highest BCUT2D eigenvalue weighted by Gasteiger charge is 2.50. The minimum Gasteiger partial charge on any atom is -0.428 e. The van der Waals surface area contributed by atoms with Gasteiger partial charge in [0.2, 0.25) is 30.4 Å². The van der Waals surface area contributed by atoms with Gasteiger partial charge >= 0.3 is 17.1 Å². The zero-order valence-corrected chi connectivity index (χ0v) is 60.1. The van der Waals surface area contributed by atoms with Gasteiger partial charge in [0.05, 0.1) is 31.8 Å². The summed E-state index contributed by atoms with van der Waals surface area (Å²) in [6.07, 6.45) is 35.7. The van der Waals surface area contributed by atoms with Crippen LogP contribution in [0.1, 0.15) is 238 Å². The molecule has 7 aliphatic rings. The molecular weight excluding hydrogens is 1220 g/mol. The fourth-order valence-corrected chi connectivity index (χ4v) is 18.8. The number of hydrogen-bond donors (Lipinski definition) is 0. The first kappa shape index (κ1) is 82.7. The summed E-state index contributed by atoms with van der Waals surface area (Å²) in [6.45, 7) is 31.2. The maximum Gasteiger partial charge on any atom is 0.336 e. The van der Waals surface area contributed by atoms with Crippen molar-refractivity contribution in [2.45, 2.75) is 282 Å². The van der Waals surface area contributed by atoms with E-state index in [2.05, 4.69) is 96.7 Å². The summed E-state index contributed by atoms with van der Waals surface area (Å²) in [5.74, 6) is 4.80. The van der Waals surface area contributed by atoms with Crippen molar-refractivity contribution in [2.24, 2.45) is 92.0 Å². The van der Waals surface area contributed by atoms with Crippen molar-refractivity contribution in [3.63, 3.8) is 0 Å². The summed E-state index contributed by atoms with van der Waals surface area (Å²) >= 11 is 0. The molecule has 12 unspecified atom stereocenters. The molecule has 530 valence electrons. The molecule has 7 saturated carbocycles. The number of aliphatic imine (C=N–C) groups is 5. The van der Waals surface area contributed by atoms with Crippen molar-refractivity contribution >= 4 is 30.4 Å². The van der Waals surface area contributed by atoms with Crippen LogP contribution < -0.4 is 17.1 Å². The van der Waals surface area contributed by atoms with Crippen molar-refractivity contribution in [1.29, 1.82) is 21.0 Å². The Labute approximate surface area is 569 Å². The number of isocyanates is 5. The third kappa shape index (κ3) is 27.2. The number of rotatable bonds is 21. The molecule has 24 nitrogen and oxygen atoms in total. The molecule has 1 aromatic heterocycles. The summed E-state index contributed by atoms with van der Waals surface area (Å²) < 4.78 is 22.7. The van der Waals surface area contributed by atoms with Gasteiger partial charge in [0, 0.05) is 26.2 Å². The second-order valence-electron chi connectivity index (χ2n) is 32.7. The highest BCUT2D eigenvalue weighted by atomic mass is 16.5. The normalized spacial score (nSPS) is 29.9. The van der Waals surface area contributed by atoms with E-state index in [-0.39, 0.29) is 71.0 Å². The molecule has 8 rings (SSSR count). The van der Waals surface area contributed by atoms with Crippen LogP contribution in [0.25, 0.3) is 0 Å². The molecule has 0 aromatic carbocycles. The Morgan fingerprint density at radius 1 is 0.448 bits per heavy atom. The predicted molar refractivity (Wildman–Crippen MR) is 361 cm³/mol. The summed E-state index contributed by atoms with van der Waals surface area (Å²) in [6, 6.07) is -0.585. The van der Waals surface area contributed by atoms with Crippen LogP contribution in [0.4, 0.5) is 0 Å². The van der Waals surface area contributed by atoms with E-state index in [9.17, 15) is 38.8 Å². The van der Waals surface area contributed by atoms with Gasteiger partial charge in [-0.25, -0.2) is 77.0 Å². The second kappa shape index (κ2) is 38.4. The van der Waals surface area contributed by atoms with Crippen LogP contribution in [-0.2, 0) is 62.6 Å². The van der Waals surface area contributed by atoms with Gasteiger partial charge in [-0.3, -0.25) is 0 Å². The fourth-order valence-electron chi connectivity index (χ4n) is 18.8. The van der Waals surface area contributed by atoms with Gasteiger partial charge in [-0.2, -0.15) is 21.0 Å². The van der Waals surface area contributed by atoms with Gasteiger partial charge in [0.1, 0.15) is 18.8 Å². The number of nitriles is 4. The third-order valence-corrected chi connectivity index (χ3v) is 20.3. The van der Waals surface area contributed by atoms with Crippen LogP contribution in [0.3, 0.4) is 0 Å². The Kier molecular flexibility index (Phi) is 33.1. The van der Waals surface area contributed by atoms with Crippen molar-refractivity contribution < 1.29 is 42.9 Å². The van der Waals surface area contributed by atoms with Crippen molar-refractivity contribution in [1.82, 2.24) is 13.7 Å². The van der Waals surface area contributed by atoms with E-state index in [1.54, 1.807) is 83.1 Å². The van der Waals surface area contributed by atoms with Crippen LogP contribution in [0.5, 0.6) is 0 Å². The van der Waals surface area contributed by atoms with E-state index in [0.29, 0.717) is 90.6 Å². The number of ether oxygens (including phenoxy) is 4. The predicted octanol–water partition coefficient (Wildman–Crippen LogP) is 12.6. The number of unbranched alkanes of at least 4 members (excludes halogenated alkanes) is 3. The zero-order valence-electron chi connectivity index (χ0n) is 60.1. The quantitative estimate of drug-likeness (QED) is 0.0477. The van der Waals surface area contributed by atoms with E-state index in [0.717, 1.165) is 44.9 Å². The van der Waals surface area contributed by atoms with E-state index in [4.69, 9.17) is 30.1 Å². The van der Waals surface area contributed by atoms with Gasteiger partial charge in [-0.1, -0.05) is 95.9 Å². The first-order chi connectivity index (χ1) is 45.2. The largest absolute Gasteiger partial charge is 0.428 e. The fraction of sp³-hybridized carbons (Fsp3) is 0.833. The summed E-state index contributed by atoms with van der Waals surface area (Å²) in [7, 11) is 0. The number of fused-ring (bicyclic) bond motifs is 5. The molecule has 0 saturated heterocycles. The Hall–Kier alpha value is -7.53. The zero-order chi connectivity index (χ0) is 72.0. The molecule has 1 aromatic rings. The maximum absolute atomic E-state index is 14.4. The lowest BCUT2D eigenvalue weighted by Gasteiger charge is -2.46. The molecule has 7 aliphatic carbocycles. The topological polar surface area (TPSA) is 345 Å². The van der Waals surface area contributed by atoms with E-state index in [1.807, 2.05) is 27.0 Å². The van der Waals surface area contributed by atoms with Crippen LogP contribution >= 0.6 is 0 Å². The van der Waals surface area contributed by atoms with Crippen molar-refractivity contribution in [3.05, 3.63) is 31.5 Å². The van der Waals surface area contributed by atoms with E-state index < -0.39 is 33.3 Å². The average Bonchev–Trinajstić information content (AvgIpc) is 0.829. The molecule has 0 N–H and O–H groups in total. The average molecular weight is 1340 g/mol. The van der Waals surface area contributed by atoms with Gasteiger partial charge in [-0.05, 0) is 209 Å². The number of aromatic nitrogens is 3. The third-order valence-electron chi connectivity index (χ3n) is 20.3.